The molecule has 0 unspecified atom stereocenters. The van der Waals surface area contributed by atoms with E-state index in [2.05, 4.69) is 10.5 Å². The number of rotatable bonds is 7. The lowest BCUT2D eigenvalue weighted by Gasteiger charge is -2.14. The standard InChI is InChI=1S/C19H20N2O5/c1-12(2)26-16-9-8-15(10-17(16)25-3)18(22)21-20-11-13-4-6-14(7-5-13)19(23)24/h4-12H,1-3H3,(H,21,22)(H,23,24)/b20-11+. The Kier molecular flexibility index (Phi) is 6.32. The van der Waals surface area contributed by atoms with Crippen LogP contribution in [0.4, 0.5) is 0 Å². The summed E-state index contributed by atoms with van der Waals surface area (Å²) in [7, 11) is 1.50. The molecular formula is C19H20N2O5. The number of amides is 1. The van der Waals surface area contributed by atoms with Gasteiger partial charge in [-0.05, 0) is 49.7 Å². The topological polar surface area (TPSA) is 97.2 Å². The fourth-order valence-electron chi connectivity index (χ4n) is 2.10. The molecule has 2 N–H and O–H groups in total. The van der Waals surface area contributed by atoms with Crippen LogP contribution in [0.25, 0.3) is 0 Å². The van der Waals surface area contributed by atoms with E-state index in [9.17, 15) is 9.59 Å². The summed E-state index contributed by atoms with van der Waals surface area (Å²) in [6.45, 7) is 3.80. The Morgan fingerprint density at radius 1 is 1.08 bits per heavy atom. The number of carboxylic acid groups (broad SMARTS) is 1. The van der Waals surface area contributed by atoms with Gasteiger partial charge in [0.2, 0.25) is 0 Å². The van der Waals surface area contributed by atoms with Crippen molar-refractivity contribution in [2.24, 2.45) is 5.10 Å². The van der Waals surface area contributed by atoms with E-state index in [-0.39, 0.29) is 11.7 Å². The highest BCUT2D eigenvalue weighted by Gasteiger charge is 2.11. The van der Waals surface area contributed by atoms with E-state index in [1.807, 2.05) is 13.8 Å². The number of nitrogens with zero attached hydrogens (tertiary/aromatic N) is 1. The quantitative estimate of drug-likeness (QED) is 0.587. The first kappa shape index (κ1) is 19.0. The Bertz CT molecular complexity index is 813. The van der Waals surface area contributed by atoms with Crippen molar-refractivity contribution < 1.29 is 24.2 Å². The summed E-state index contributed by atoms with van der Waals surface area (Å²) in [6, 6.07) is 11.0. The molecule has 2 rings (SSSR count). The second kappa shape index (κ2) is 8.66. The van der Waals surface area contributed by atoms with Crippen molar-refractivity contribution in [2.75, 3.05) is 7.11 Å². The van der Waals surface area contributed by atoms with Gasteiger partial charge in [0, 0.05) is 5.56 Å². The number of methoxy groups -OCH3 is 1. The summed E-state index contributed by atoms with van der Waals surface area (Å²) in [5.74, 6) is -0.390. The average Bonchev–Trinajstić information content (AvgIpc) is 2.61. The first-order valence-corrected chi connectivity index (χ1v) is 7.92. The molecule has 0 aliphatic rings. The van der Waals surface area contributed by atoms with E-state index in [4.69, 9.17) is 14.6 Å². The molecule has 7 heteroatoms. The van der Waals surface area contributed by atoms with Crippen LogP contribution >= 0.6 is 0 Å². The number of carboxylic acids is 1. The molecule has 0 atom stereocenters. The number of ether oxygens (including phenoxy) is 2. The van der Waals surface area contributed by atoms with Crippen molar-refractivity contribution in [3.63, 3.8) is 0 Å². The third-order valence-corrected chi connectivity index (χ3v) is 3.33. The van der Waals surface area contributed by atoms with Gasteiger partial charge < -0.3 is 14.6 Å². The van der Waals surface area contributed by atoms with E-state index >= 15 is 0 Å². The van der Waals surface area contributed by atoms with Crippen LogP contribution in [0.2, 0.25) is 0 Å². The normalized spacial score (nSPS) is 10.8. The molecule has 0 aromatic heterocycles. The number of hydrogen-bond acceptors (Lipinski definition) is 5. The second-order valence-electron chi connectivity index (χ2n) is 5.66. The molecule has 136 valence electrons. The largest absolute Gasteiger partial charge is 0.493 e. The third-order valence-electron chi connectivity index (χ3n) is 3.33. The smallest absolute Gasteiger partial charge is 0.335 e. The molecule has 0 spiro atoms. The van der Waals surface area contributed by atoms with E-state index < -0.39 is 11.9 Å². The minimum Gasteiger partial charge on any atom is -0.493 e. The zero-order valence-electron chi connectivity index (χ0n) is 14.7. The average molecular weight is 356 g/mol. The molecule has 0 saturated carbocycles. The highest BCUT2D eigenvalue weighted by Crippen LogP contribution is 2.28. The van der Waals surface area contributed by atoms with E-state index in [1.54, 1.807) is 30.3 Å². The van der Waals surface area contributed by atoms with Gasteiger partial charge in [0.15, 0.2) is 11.5 Å². The molecule has 0 aliphatic carbocycles. The van der Waals surface area contributed by atoms with Crippen LogP contribution in [0.3, 0.4) is 0 Å². The predicted molar refractivity (Wildman–Crippen MR) is 97.2 cm³/mol. The van der Waals surface area contributed by atoms with Crippen molar-refractivity contribution in [2.45, 2.75) is 20.0 Å². The number of hydrogen-bond donors (Lipinski definition) is 2. The Morgan fingerprint density at radius 3 is 2.31 bits per heavy atom. The predicted octanol–water partition coefficient (Wildman–Crippen LogP) is 2.94. The van der Waals surface area contributed by atoms with Crippen LogP contribution in [0.5, 0.6) is 11.5 Å². The van der Waals surface area contributed by atoms with Crippen molar-refractivity contribution in [1.29, 1.82) is 0 Å². The van der Waals surface area contributed by atoms with Gasteiger partial charge in [-0.25, -0.2) is 10.2 Å². The molecule has 0 radical (unpaired) electrons. The van der Waals surface area contributed by atoms with Gasteiger partial charge >= 0.3 is 5.97 Å². The summed E-state index contributed by atoms with van der Waals surface area (Å²) in [4.78, 5) is 23.0. The van der Waals surface area contributed by atoms with Gasteiger partial charge in [0.1, 0.15) is 0 Å². The maximum Gasteiger partial charge on any atom is 0.335 e. The number of hydrazone groups is 1. The summed E-state index contributed by atoms with van der Waals surface area (Å²) in [5.41, 5.74) is 3.63. The number of nitrogens with one attached hydrogen (secondary N) is 1. The number of aromatic carboxylic acids is 1. The number of benzene rings is 2. The van der Waals surface area contributed by atoms with E-state index in [0.29, 0.717) is 22.6 Å². The third kappa shape index (κ3) is 5.07. The maximum absolute atomic E-state index is 12.2. The van der Waals surface area contributed by atoms with Crippen molar-refractivity contribution in [1.82, 2.24) is 5.43 Å². The Labute approximate surface area is 151 Å². The fraction of sp³-hybridized carbons (Fsp3) is 0.211. The summed E-state index contributed by atoms with van der Waals surface area (Å²) >= 11 is 0. The zero-order valence-corrected chi connectivity index (χ0v) is 14.7. The Morgan fingerprint density at radius 2 is 1.73 bits per heavy atom. The zero-order chi connectivity index (χ0) is 19.1. The van der Waals surface area contributed by atoms with Crippen LogP contribution in [0.1, 0.15) is 40.1 Å². The van der Waals surface area contributed by atoms with E-state index in [1.165, 1.54) is 25.5 Å². The molecular weight excluding hydrogens is 336 g/mol. The van der Waals surface area contributed by atoms with Crippen molar-refractivity contribution in [3.8, 4) is 11.5 Å². The number of carbonyl (C=O) groups excluding carboxylic acids is 1. The summed E-state index contributed by atoms with van der Waals surface area (Å²) in [5, 5.41) is 12.7. The van der Waals surface area contributed by atoms with Gasteiger partial charge in [0.05, 0.1) is 25.0 Å². The molecule has 26 heavy (non-hydrogen) atoms. The molecule has 0 bridgehead atoms. The lowest BCUT2D eigenvalue weighted by Crippen LogP contribution is -2.18. The maximum atomic E-state index is 12.2. The first-order chi connectivity index (χ1) is 12.4. The van der Waals surface area contributed by atoms with Gasteiger partial charge in [-0.15, -0.1) is 0 Å². The number of carbonyl (C=O) groups is 2. The lowest BCUT2D eigenvalue weighted by molar-refractivity contribution is 0.0696. The molecule has 0 saturated heterocycles. The van der Waals surface area contributed by atoms with Crippen LogP contribution in [-0.4, -0.2) is 36.4 Å². The molecule has 7 nitrogen and oxygen atoms in total. The first-order valence-electron chi connectivity index (χ1n) is 7.92. The molecule has 0 aliphatic heterocycles. The minimum atomic E-state index is -0.999. The summed E-state index contributed by atoms with van der Waals surface area (Å²) < 4.78 is 10.9. The van der Waals surface area contributed by atoms with Crippen LogP contribution in [0.15, 0.2) is 47.6 Å². The van der Waals surface area contributed by atoms with Gasteiger partial charge in [-0.1, -0.05) is 12.1 Å². The Hall–Kier alpha value is -3.35. The monoisotopic (exact) mass is 356 g/mol. The van der Waals surface area contributed by atoms with Crippen LogP contribution < -0.4 is 14.9 Å². The van der Waals surface area contributed by atoms with Crippen LogP contribution in [-0.2, 0) is 0 Å². The molecule has 2 aromatic carbocycles. The van der Waals surface area contributed by atoms with E-state index in [0.717, 1.165) is 0 Å². The summed E-state index contributed by atoms with van der Waals surface area (Å²) in [6.07, 6.45) is 1.41. The Balaban J connectivity index is 2.04. The molecule has 2 aromatic rings. The highest BCUT2D eigenvalue weighted by molar-refractivity contribution is 5.95. The molecule has 0 fully saturated rings. The lowest BCUT2D eigenvalue weighted by atomic mass is 10.1. The minimum absolute atomic E-state index is 0.0132. The molecule has 0 heterocycles. The fourth-order valence-corrected chi connectivity index (χ4v) is 2.10. The SMILES string of the molecule is COc1cc(C(=O)N/N=C/c2ccc(C(=O)O)cc2)ccc1OC(C)C. The second-order valence-corrected chi connectivity index (χ2v) is 5.66. The van der Waals surface area contributed by atoms with Crippen LogP contribution in [0, 0.1) is 0 Å². The highest BCUT2D eigenvalue weighted by atomic mass is 16.5. The van der Waals surface area contributed by atoms with Gasteiger partial charge in [0.25, 0.3) is 5.91 Å². The molecule has 1 amide bonds. The van der Waals surface area contributed by atoms with Gasteiger partial charge in [-0.2, -0.15) is 5.10 Å². The van der Waals surface area contributed by atoms with Crippen molar-refractivity contribution >= 4 is 18.1 Å². The van der Waals surface area contributed by atoms with Crippen molar-refractivity contribution in [3.05, 3.63) is 59.2 Å². The van der Waals surface area contributed by atoms with Gasteiger partial charge in [-0.3, -0.25) is 4.79 Å².